The Morgan fingerprint density at radius 1 is 1.12 bits per heavy atom. The van der Waals surface area contributed by atoms with Crippen molar-refractivity contribution >= 4 is 23.1 Å². The third-order valence-electron chi connectivity index (χ3n) is 3.44. The first-order valence-corrected chi connectivity index (χ1v) is 7.44. The Labute approximate surface area is 157 Å². The van der Waals surface area contributed by atoms with Gasteiger partial charge in [-0.1, -0.05) is 11.6 Å². The Bertz CT molecular complexity index is 1110. The molecule has 4 rings (SSSR count). The van der Waals surface area contributed by atoms with Crippen LogP contribution in [0.3, 0.4) is 0 Å². The highest BCUT2D eigenvalue weighted by molar-refractivity contribution is 6.31. The van der Waals surface area contributed by atoms with Crippen LogP contribution < -0.4 is 4.74 Å². The third kappa shape index (κ3) is 2.81. The van der Waals surface area contributed by atoms with Gasteiger partial charge in [0.1, 0.15) is 23.0 Å². The maximum atomic E-state index is 9.83. The maximum Gasteiger partial charge on any atom is 0.156 e. The number of ether oxygens (including phenoxy) is 1. The summed E-state index contributed by atoms with van der Waals surface area (Å²) in [6, 6.07) is 8.21. The molecule has 0 radical (unpaired) electrons. The molecular weight excluding hydrogens is 326 g/mol. The molecule has 0 saturated carbocycles. The molecular formula is C18H18ClN3O2. The van der Waals surface area contributed by atoms with Gasteiger partial charge in [0.05, 0.1) is 11.0 Å². The Hall–Kier alpha value is -2.24. The number of benzene rings is 2. The predicted octanol–water partition coefficient (Wildman–Crippen LogP) is 3.48. The second-order valence-electron chi connectivity index (χ2n) is 5.17. The lowest BCUT2D eigenvalue weighted by atomic mass is 10.1. The first-order chi connectivity index (χ1) is 14.6. The minimum absolute atomic E-state index is 0.0251. The van der Waals surface area contributed by atoms with Gasteiger partial charge in [-0.05, 0) is 37.4 Å². The van der Waals surface area contributed by atoms with Crippen LogP contribution in [-0.2, 0) is 0 Å². The Kier molecular flexibility index (Phi) is 2.18. The molecule has 2 aromatic carbocycles. The van der Waals surface area contributed by atoms with Crippen molar-refractivity contribution in [3.8, 4) is 17.2 Å². The number of nitrogens with zero attached hydrogens (tertiary/aromatic N) is 3. The molecule has 0 aliphatic carbocycles. The summed E-state index contributed by atoms with van der Waals surface area (Å²) in [6.45, 7) is -12.1. The lowest BCUT2D eigenvalue weighted by Crippen LogP contribution is -2.47. The average molecular weight is 352 g/mol. The van der Waals surface area contributed by atoms with E-state index < -0.39 is 31.8 Å². The zero-order valence-electron chi connectivity index (χ0n) is 20.5. The molecule has 2 aliphatic rings. The molecule has 1 N–H and O–H groups in total. The molecule has 1 saturated heterocycles. The van der Waals surface area contributed by atoms with Crippen molar-refractivity contribution in [2.75, 3.05) is 33.0 Å². The van der Waals surface area contributed by atoms with Crippen molar-refractivity contribution in [1.29, 1.82) is 0 Å². The van der Waals surface area contributed by atoms with Gasteiger partial charge in [-0.2, -0.15) is 0 Å². The van der Waals surface area contributed by atoms with Gasteiger partial charge in [0, 0.05) is 42.6 Å². The van der Waals surface area contributed by atoms with Crippen molar-refractivity contribution < 1.29 is 20.8 Å². The number of aromatic hydroxyl groups is 1. The molecule has 0 atom stereocenters. The molecule has 2 aliphatic heterocycles. The van der Waals surface area contributed by atoms with Gasteiger partial charge in [-0.3, -0.25) is 0 Å². The highest BCUT2D eigenvalue weighted by Gasteiger charge is 2.25. The van der Waals surface area contributed by atoms with Crippen LogP contribution in [0.25, 0.3) is 0 Å². The Morgan fingerprint density at radius 3 is 2.71 bits per heavy atom. The molecule has 0 aromatic heterocycles. The van der Waals surface area contributed by atoms with Crippen LogP contribution >= 0.6 is 11.6 Å². The fraction of sp³-hybridized carbons (Fsp3) is 0.278. The Balaban J connectivity index is 2.07. The quantitative estimate of drug-likeness (QED) is 0.789. The fourth-order valence-electron chi connectivity index (χ4n) is 2.32. The molecule has 2 aromatic rings. The van der Waals surface area contributed by atoms with E-state index in [1.54, 1.807) is 0 Å². The van der Waals surface area contributed by atoms with Gasteiger partial charge in [-0.15, -0.1) is 0 Å². The van der Waals surface area contributed by atoms with Gasteiger partial charge in [0.25, 0.3) is 0 Å². The topological polar surface area (TPSA) is 48.3 Å². The second-order valence-corrected chi connectivity index (χ2v) is 5.61. The van der Waals surface area contributed by atoms with E-state index in [2.05, 4.69) is 4.99 Å². The van der Waals surface area contributed by atoms with Crippen LogP contribution in [0, 0.1) is 0 Å². The molecule has 5 nitrogen and oxygen atoms in total. The summed E-state index contributed by atoms with van der Waals surface area (Å²) in [4.78, 5) is 5.11. The number of halogens is 1. The summed E-state index contributed by atoms with van der Waals surface area (Å²) >= 11 is 6.14. The smallest absolute Gasteiger partial charge is 0.156 e. The van der Waals surface area contributed by atoms with E-state index in [4.69, 9.17) is 27.3 Å². The fourth-order valence-corrected chi connectivity index (χ4v) is 2.49. The zero-order chi connectivity index (χ0) is 23.9. The molecule has 6 heteroatoms. The number of amidine groups is 1. The summed E-state index contributed by atoms with van der Waals surface area (Å²) in [5.74, 6) is -0.368. The monoisotopic (exact) mass is 351 g/mol. The van der Waals surface area contributed by atoms with Gasteiger partial charge in [0.2, 0.25) is 0 Å². The van der Waals surface area contributed by atoms with Crippen LogP contribution in [0.1, 0.15) is 16.5 Å². The molecule has 2 heterocycles. The molecule has 124 valence electrons. The summed E-state index contributed by atoms with van der Waals surface area (Å²) in [6.07, 6.45) is 0. The highest BCUT2D eigenvalue weighted by atomic mass is 35.5. The van der Waals surface area contributed by atoms with Gasteiger partial charge in [0.15, 0.2) is 5.75 Å². The van der Waals surface area contributed by atoms with Crippen molar-refractivity contribution in [3.05, 3.63) is 47.0 Å². The van der Waals surface area contributed by atoms with E-state index in [0.29, 0.717) is 9.80 Å². The maximum absolute atomic E-state index is 9.83. The van der Waals surface area contributed by atoms with E-state index in [0.717, 1.165) is 7.05 Å². The van der Waals surface area contributed by atoms with Gasteiger partial charge in [-0.25, -0.2) is 4.99 Å². The third-order valence-corrected chi connectivity index (χ3v) is 3.68. The molecule has 0 spiro atoms. The molecule has 0 bridgehead atoms. The summed E-state index contributed by atoms with van der Waals surface area (Å²) < 4.78 is 73.2. The number of piperazine rings is 1. The minimum atomic E-state index is -3.09. The standard InChI is InChI=1S/C18H18ClN3O2/c1-21-6-8-22(9-7-21)18-14-10-12(19)2-5-16(14)24-17-11-13(23)3-4-15(17)20-18/h2-5,10-11,23H,6-9H2,1H3/i6D2,7D2,8D2,9D2. The van der Waals surface area contributed by atoms with Crippen molar-refractivity contribution in [2.24, 2.45) is 4.99 Å². The highest BCUT2D eigenvalue weighted by Crippen LogP contribution is 2.40. The molecule has 24 heavy (non-hydrogen) atoms. The van der Waals surface area contributed by atoms with Gasteiger partial charge >= 0.3 is 0 Å². The number of rotatable bonds is 0. The zero-order valence-corrected chi connectivity index (χ0v) is 13.3. The average Bonchev–Trinajstić information content (AvgIpc) is 2.82. The number of likely N-dealkylation sites (N-methyl/N-ethyl adjacent to an activating group) is 1. The van der Waals surface area contributed by atoms with Crippen LogP contribution in [-0.4, -0.2) is 53.8 Å². The van der Waals surface area contributed by atoms with E-state index in [1.165, 1.54) is 36.4 Å². The summed E-state index contributed by atoms with van der Waals surface area (Å²) in [7, 11) is 0.980. The SMILES string of the molecule is [2H]C1([2H])N(C)C([2H])([2H])C([2H])([2H])N(C2=Nc3ccc(O)cc3Oc3ccc(Cl)cc32)C1([2H])[2H]. The summed E-state index contributed by atoms with van der Waals surface area (Å²) in [5, 5.41) is 10.0. The number of fused-ring (bicyclic) bond motifs is 2. The van der Waals surface area contributed by atoms with Crippen molar-refractivity contribution in [3.63, 3.8) is 0 Å². The van der Waals surface area contributed by atoms with Crippen LogP contribution in [0.5, 0.6) is 17.2 Å². The Morgan fingerprint density at radius 2 is 1.92 bits per heavy atom. The number of phenols is 1. The van der Waals surface area contributed by atoms with E-state index >= 15 is 0 Å². The van der Waals surface area contributed by atoms with Gasteiger partial charge < -0.3 is 19.6 Å². The molecule has 1 fully saturated rings. The van der Waals surface area contributed by atoms with Crippen LogP contribution in [0.15, 0.2) is 41.4 Å². The number of hydrogen-bond donors (Lipinski definition) is 1. The van der Waals surface area contributed by atoms with Crippen LogP contribution in [0.4, 0.5) is 5.69 Å². The lowest BCUT2D eigenvalue weighted by molar-refractivity contribution is 0.215. The number of hydrogen-bond acceptors (Lipinski definition) is 5. The van der Waals surface area contributed by atoms with E-state index in [1.807, 2.05) is 0 Å². The minimum Gasteiger partial charge on any atom is -0.508 e. The molecule has 0 unspecified atom stereocenters. The van der Waals surface area contributed by atoms with Crippen molar-refractivity contribution in [1.82, 2.24) is 9.80 Å². The van der Waals surface area contributed by atoms with E-state index in [9.17, 15) is 5.11 Å². The first kappa shape index (κ1) is 8.74. The second kappa shape index (κ2) is 6.00. The largest absolute Gasteiger partial charge is 0.508 e. The number of aliphatic imine (C=N–C) groups is 1. The number of phenolic OH excluding ortho intramolecular Hbond substituents is 1. The lowest BCUT2D eigenvalue weighted by Gasteiger charge is -2.34. The predicted molar refractivity (Wildman–Crippen MR) is 94.9 cm³/mol. The normalized spacial score (nSPS) is 30.8. The van der Waals surface area contributed by atoms with Crippen molar-refractivity contribution in [2.45, 2.75) is 0 Å². The van der Waals surface area contributed by atoms with Crippen LogP contribution in [0.2, 0.25) is 5.02 Å². The summed E-state index contributed by atoms with van der Waals surface area (Å²) in [5.41, 5.74) is 0.119. The molecule has 0 amide bonds. The van der Waals surface area contributed by atoms with E-state index in [-0.39, 0.29) is 33.5 Å². The first-order valence-electron chi connectivity index (χ1n) is 11.1.